The molecule has 0 unspecified atom stereocenters. The maximum Gasteiger partial charge on any atom is 0.308 e. The van der Waals surface area contributed by atoms with Gasteiger partial charge in [0.05, 0.1) is 18.3 Å². The van der Waals surface area contributed by atoms with Crippen LogP contribution in [0.5, 0.6) is 0 Å². The van der Waals surface area contributed by atoms with Crippen molar-refractivity contribution in [2.24, 2.45) is 5.92 Å². The van der Waals surface area contributed by atoms with Gasteiger partial charge in [-0.25, -0.2) is 12.7 Å². The second-order valence-corrected chi connectivity index (χ2v) is 7.71. The molecule has 6 heteroatoms. The molecule has 110 valence electrons. The molecule has 1 saturated carbocycles. The zero-order valence-electron chi connectivity index (χ0n) is 11.5. The molecule has 1 aliphatic carbocycles. The highest BCUT2D eigenvalue weighted by atomic mass is 32.2. The van der Waals surface area contributed by atoms with Crippen molar-refractivity contribution in [1.82, 2.24) is 4.31 Å². The van der Waals surface area contributed by atoms with E-state index >= 15 is 0 Å². The molecule has 0 spiro atoms. The van der Waals surface area contributed by atoms with Crippen molar-refractivity contribution in [2.45, 2.75) is 50.2 Å². The van der Waals surface area contributed by atoms with Crippen LogP contribution in [0.3, 0.4) is 0 Å². The lowest BCUT2D eigenvalue weighted by Crippen LogP contribution is -2.45. The topological polar surface area (TPSA) is 63.7 Å². The van der Waals surface area contributed by atoms with Gasteiger partial charge in [0.1, 0.15) is 0 Å². The van der Waals surface area contributed by atoms with Crippen molar-refractivity contribution in [3.63, 3.8) is 0 Å². The minimum Gasteiger partial charge on any atom is -0.469 e. The lowest BCUT2D eigenvalue weighted by Gasteiger charge is -2.34. The summed E-state index contributed by atoms with van der Waals surface area (Å²) in [5, 5.41) is -0.198. The monoisotopic (exact) mass is 289 g/mol. The Bertz CT molecular complexity index is 406. The van der Waals surface area contributed by atoms with Crippen LogP contribution in [0, 0.1) is 5.92 Å². The molecule has 19 heavy (non-hydrogen) atoms. The van der Waals surface area contributed by atoms with Crippen LogP contribution in [0.4, 0.5) is 0 Å². The van der Waals surface area contributed by atoms with Crippen molar-refractivity contribution < 1.29 is 17.9 Å². The number of piperidine rings is 1. The van der Waals surface area contributed by atoms with Crippen LogP contribution in [0.1, 0.15) is 44.9 Å². The van der Waals surface area contributed by atoms with Gasteiger partial charge in [-0.1, -0.05) is 19.3 Å². The fourth-order valence-electron chi connectivity index (χ4n) is 3.09. The molecule has 0 aromatic carbocycles. The fourth-order valence-corrected chi connectivity index (χ4v) is 5.16. The van der Waals surface area contributed by atoms with Gasteiger partial charge in [0.15, 0.2) is 0 Å². The third kappa shape index (κ3) is 3.28. The zero-order valence-corrected chi connectivity index (χ0v) is 12.3. The summed E-state index contributed by atoms with van der Waals surface area (Å²) in [6.45, 7) is 0.914. The van der Waals surface area contributed by atoms with Gasteiger partial charge < -0.3 is 4.74 Å². The van der Waals surface area contributed by atoms with Gasteiger partial charge in [-0.05, 0) is 25.7 Å². The molecule has 0 amide bonds. The molecule has 0 bridgehead atoms. The third-order valence-corrected chi connectivity index (χ3v) is 6.72. The molecule has 0 aromatic rings. The Labute approximate surface area is 115 Å². The highest BCUT2D eigenvalue weighted by Crippen LogP contribution is 2.29. The Morgan fingerprint density at radius 1 is 1.05 bits per heavy atom. The lowest BCUT2D eigenvalue weighted by atomic mass is 9.98. The van der Waals surface area contributed by atoms with Gasteiger partial charge >= 0.3 is 5.97 Å². The quantitative estimate of drug-likeness (QED) is 0.739. The molecular formula is C13H23NO4S. The number of nitrogens with zero attached hydrogens (tertiary/aromatic N) is 1. The van der Waals surface area contributed by atoms with Crippen LogP contribution in [0.25, 0.3) is 0 Å². The molecule has 5 nitrogen and oxygen atoms in total. The molecule has 2 rings (SSSR count). The van der Waals surface area contributed by atoms with E-state index in [0.717, 1.165) is 32.1 Å². The Morgan fingerprint density at radius 3 is 2.16 bits per heavy atom. The second kappa shape index (κ2) is 6.22. The number of methoxy groups -OCH3 is 1. The fraction of sp³-hybridized carbons (Fsp3) is 0.923. The predicted octanol–water partition coefficient (Wildman–Crippen LogP) is 1.53. The number of carbonyl (C=O) groups is 1. The van der Waals surface area contributed by atoms with Gasteiger partial charge in [0.25, 0.3) is 0 Å². The van der Waals surface area contributed by atoms with Crippen molar-refractivity contribution >= 4 is 16.0 Å². The van der Waals surface area contributed by atoms with E-state index < -0.39 is 10.0 Å². The maximum absolute atomic E-state index is 12.5. The van der Waals surface area contributed by atoms with E-state index in [-0.39, 0.29) is 17.1 Å². The largest absolute Gasteiger partial charge is 0.469 e. The summed E-state index contributed by atoms with van der Waals surface area (Å²) < 4.78 is 31.3. The summed E-state index contributed by atoms with van der Waals surface area (Å²) in [5.74, 6) is -0.350. The number of carbonyl (C=O) groups excluding carboxylic acids is 1. The van der Waals surface area contributed by atoms with Crippen LogP contribution in [0.2, 0.25) is 0 Å². The Morgan fingerprint density at radius 2 is 1.63 bits per heavy atom. The van der Waals surface area contributed by atoms with Gasteiger partial charge in [-0.2, -0.15) is 0 Å². The standard InChI is InChI=1S/C13H23NO4S/c1-18-13(15)11-7-9-14(10-8-11)19(16,17)12-5-3-2-4-6-12/h11-12H,2-10H2,1H3. The number of rotatable bonds is 3. The van der Waals surface area contributed by atoms with Gasteiger partial charge in [-0.15, -0.1) is 0 Å². The van der Waals surface area contributed by atoms with Gasteiger partial charge in [-0.3, -0.25) is 4.79 Å². The molecular weight excluding hydrogens is 266 g/mol. The lowest BCUT2D eigenvalue weighted by molar-refractivity contribution is -0.146. The molecule has 2 fully saturated rings. The average Bonchev–Trinajstić information content (AvgIpc) is 2.47. The molecule has 1 heterocycles. The van der Waals surface area contributed by atoms with Crippen LogP contribution < -0.4 is 0 Å². The normalized spacial score (nSPS) is 24.3. The van der Waals surface area contributed by atoms with E-state index in [9.17, 15) is 13.2 Å². The maximum atomic E-state index is 12.5. The highest BCUT2D eigenvalue weighted by molar-refractivity contribution is 7.89. The number of ether oxygens (including phenoxy) is 1. The highest BCUT2D eigenvalue weighted by Gasteiger charge is 2.36. The first-order chi connectivity index (χ1) is 9.05. The van der Waals surface area contributed by atoms with Crippen LogP contribution >= 0.6 is 0 Å². The van der Waals surface area contributed by atoms with E-state index in [0.29, 0.717) is 25.9 Å². The van der Waals surface area contributed by atoms with Gasteiger partial charge in [0, 0.05) is 13.1 Å². The van der Waals surface area contributed by atoms with Crippen molar-refractivity contribution in [1.29, 1.82) is 0 Å². The molecule has 0 atom stereocenters. The second-order valence-electron chi connectivity index (χ2n) is 5.50. The summed E-state index contributed by atoms with van der Waals surface area (Å²) in [6, 6.07) is 0. The number of hydrogen-bond donors (Lipinski definition) is 0. The van der Waals surface area contributed by atoms with Crippen molar-refractivity contribution in [2.75, 3.05) is 20.2 Å². The summed E-state index contributed by atoms with van der Waals surface area (Å²) in [4.78, 5) is 11.4. The first-order valence-corrected chi connectivity index (χ1v) is 8.63. The number of sulfonamides is 1. The molecule has 0 aromatic heterocycles. The first-order valence-electron chi connectivity index (χ1n) is 7.12. The minimum atomic E-state index is -3.16. The van der Waals surface area contributed by atoms with Crippen molar-refractivity contribution in [3.8, 4) is 0 Å². The van der Waals surface area contributed by atoms with Crippen molar-refractivity contribution in [3.05, 3.63) is 0 Å². The van der Waals surface area contributed by atoms with E-state index in [1.807, 2.05) is 0 Å². The van der Waals surface area contributed by atoms with Gasteiger partial charge in [0.2, 0.25) is 10.0 Å². The van der Waals surface area contributed by atoms with Crippen LogP contribution in [0.15, 0.2) is 0 Å². The molecule has 0 radical (unpaired) electrons. The smallest absolute Gasteiger partial charge is 0.308 e. The molecule has 0 N–H and O–H groups in total. The Kier molecular flexibility index (Phi) is 4.84. The number of esters is 1. The molecule has 1 saturated heterocycles. The summed E-state index contributed by atoms with van der Waals surface area (Å²) in [5.41, 5.74) is 0. The Hall–Kier alpha value is -0.620. The van der Waals surface area contributed by atoms with E-state index in [4.69, 9.17) is 4.74 Å². The van der Waals surface area contributed by atoms with E-state index in [2.05, 4.69) is 0 Å². The summed E-state index contributed by atoms with van der Waals surface area (Å²) in [7, 11) is -1.78. The average molecular weight is 289 g/mol. The Balaban J connectivity index is 1.94. The van der Waals surface area contributed by atoms with E-state index in [1.165, 1.54) is 7.11 Å². The van der Waals surface area contributed by atoms with E-state index in [1.54, 1.807) is 4.31 Å². The van der Waals surface area contributed by atoms with Crippen LogP contribution in [-0.4, -0.2) is 44.1 Å². The zero-order chi connectivity index (χ0) is 13.9. The third-order valence-electron chi connectivity index (χ3n) is 4.32. The molecule has 2 aliphatic rings. The summed E-state index contributed by atoms with van der Waals surface area (Å²) >= 11 is 0. The minimum absolute atomic E-state index is 0.136. The molecule has 1 aliphatic heterocycles. The van der Waals surface area contributed by atoms with Crippen LogP contribution in [-0.2, 0) is 19.6 Å². The number of hydrogen-bond acceptors (Lipinski definition) is 4. The first kappa shape index (κ1) is 14.8. The summed E-state index contributed by atoms with van der Waals surface area (Å²) in [6.07, 6.45) is 5.93. The predicted molar refractivity (Wildman–Crippen MR) is 72.1 cm³/mol. The SMILES string of the molecule is COC(=O)C1CCN(S(=O)(=O)C2CCCCC2)CC1.